The molecule has 1 N–H and O–H groups in total. The molecule has 0 radical (unpaired) electrons. The zero-order chi connectivity index (χ0) is 17.1. The third-order valence-corrected chi connectivity index (χ3v) is 3.59. The summed E-state index contributed by atoms with van der Waals surface area (Å²) in [4.78, 5) is 27.4. The Kier molecular flexibility index (Phi) is 4.39. The van der Waals surface area contributed by atoms with Gasteiger partial charge in [0.15, 0.2) is 5.78 Å². The molecule has 3 aromatic rings. The van der Waals surface area contributed by atoms with E-state index in [-0.39, 0.29) is 11.6 Å². The van der Waals surface area contributed by atoms with Crippen molar-refractivity contribution in [2.75, 3.05) is 5.32 Å². The number of Topliss-reactive ketones (excluding diaryl/α,β-unsaturated/α-hetero) is 1. The first-order valence-corrected chi connectivity index (χ1v) is 7.51. The number of halogens is 1. The number of ketones is 1. The first kappa shape index (κ1) is 15.9. The second-order valence-corrected chi connectivity index (χ2v) is 5.51. The highest BCUT2D eigenvalue weighted by atomic mass is 35.5. The van der Waals surface area contributed by atoms with E-state index >= 15 is 0 Å². The molecular formula is C17H13ClN4O2. The normalized spacial score (nSPS) is 10.4. The van der Waals surface area contributed by atoms with Gasteiger partial charge in [-0.15, -0.1) is 5.10 Å². The Bertz CT molecular complexity index is 886. The van der Waals surface area contributed by atoms with Crippen molar-refractivity contribution in [1.29, 1.82) is 0 Å². The second-order valence-electron chi connectivity index (χ2n) is 5.08. The number of carbonyl (C=O) groups is 2. The van der Waals surface area contributed by atoms with Crippen LogP contribution in [0.15, 0.2) is 54.9 Å². The van der Waals surface area contributed by atoms with E-state index in [0.29, 0.717) is 16.3 Å². The number of anilines is 1. The van der Waals surface area contributed by atoms with Crippen LogP contribution in [-0.4, -0.2) is 26.5 Å². The summed E-state index contributed by atoms with van der Waals surface area (Å²) in [5.41, 5.74) is 1.89. The molecule has 0 saturated carbocycles. The number of nitrogens with one attached hydrogen (secondary N) is 1. The molecule has 3 rings (SSSR count). The average Bonchev–Trinajstić information content (AvgIpc) is 3.06. The summed E-state index contributed by atoms with van der Waals surface area (Å²) in [6.07, 6.45) is 1.46. The summed E-state index contributed by atoms with van der Waals surface area (Å²) in [5.74, 6) is -0.421. The Morgan fingerprint density at radius 3 is 2.33 bits per heavy atom. The number of carbonyl (C=O) groups excluding carboxylic acids is 2. The van der Waals surface area contributed by atoms with Crippen LogP contribution in [0, 0.1) is 0 Å². The second kappa shape index (κ2) is 6.64. The maximum absolute atomic E-state index is 12.2. The lowest BCUT2D eigenvalue weighted by molar-refractivity contribution is 0.101. The van der Waals surface area contributed by atoms with Crippen LogP contribution >= 0.6 is 11.6 Å². The smallest absolute Gasteiger partial charge is 0.295 e. The van der Waals surface area contributed by atoms with Gasteiger partial charge >= 0.3 is 0 Å². The van der Waals surface area contributed by atoms with Crippen molar-refractivity contribution in [3.05, 3.63) is 71.3 Å². The van der Waals surface area contributed by atoms with Crippen molar-refractivity contribution in [3.8, 4) is 5.69 Å². The van der Waals surface area contributed by atoms with E-state index in [2.05, 4.69) is 15.4 Å². The third kappa shape index (κ3) is 3.49. The Labute approximate surface area is 143 Å². The van der Waals surface area contributed by atoms with E-state index in [1.54, 1.807) is 48.5 Å². The van der Waals surface area contributed by atoms with E-state index < -0.39 is 5.91 Å². The fourth-order valence-corrected chi connectivity index (χ4v) is 2.19. The van der Waals surface area contributed by atoms with Gasteiger partial charge in [-0.05, 0) is 55.5 Å². The van der Waals surface area contributed by atoms with Crippen molar-refractivity contribution >= 4 is 29.0 Å². The highest BCUT2D eigenvalue weighted by Gasteiger charge is 2.12. The lowest BCUT2D eigenvalue weighted by Crippen LogP contribution is -2.14. The SMILES string of the molecule is CC(=O)c1ccc(NC(=O)c2ncn(-c3ccc(Cl)cc3)n2)cc1. The molecule has 24 heavy (non-hydrogen) atoms. The van der Waals surface area contributed by atoms with E-state index in [1.165, 1.54) is 17.9 Å². The van der Waals surface area contributed by atoms with Crippen LogP contribution in [-0.2, 0) is 0 Å². The minimum absolute atomic E-state index is 0.0312. The molecule has 0 unspecified atom stereocenters. The molecule has 0 aliphatic rings. The van der Waals surface area contributed by atoms with Gasteiger partial charge in [-0.25, -0.2) is 9.67 Å². The van der Waals surface area contributed by atoms with Gasteiger partial charge in [0.1, 0.15) is 6.33 Å². The largest absolute Gasteiger partial charge is 0.319 e. The quantitative estimate of drug-likeness (QED) is 0.739. The summed E-state index contributed by atoms with van der Waals surface area (Å²) in [5, 5.41) is 7.45. The molecule has 1 heterocycles. The van der Waals surface area contributed by atoms with Crippen LogP contribution in [0.3, 0.4) is 0 Å². The minimum atomic E-state index is -0.432. The van der Waals surface area contributed by atoms with Crippen molar-refractivity contribution < 1.29 is 9.59 Å². The number of hydrogen-bond donors (Lipinski definition) is 1. The maximum Gasteiger partial charge on any atom is 0.295 e. The molecule has 0 atom stereocenters. The van der Waals surface area contributed by atoms with Gasteiger partial charge < -0.3 is 5.32 Å². The Hall–Kier alpha value is -2.99. The molecular weight excluding hydrogens is 328 g/mol. The molecule has 1 amide bonds. The monoisotopic (exact) mass is 340 g/mol. The predicted molar refractivity (Wildman–Crippen MR) is 90.8 cm³/mol. The standard InChI is InChI=1S/C17H13ClN4O2/c1-11(23)12-2-6-14(7-3-12)20-17(24)16-19-10-22(21-16)15-8-4-13(18)5-9-15/h2-10H,1H3,(H,20,24). The third-order valence-electron chi connectivity index (χ3n) is 3.34. The summed E-state index contributed by atoms with van der Waals surface area (Å²) in [6, 6.07) is 13.6. The summed E-state index contributed by atoms with van der Waals surface area (Å²) >= 11 is 5.85. The first-order chi connectivity index (χ1) is 11.5. The molecule has 0 bridgehead atoms. The summed E-state index contributed by atoms with van der Waals surface area (Å²) < 4.78 is 1.49. The molecule has 6 nitrogen and oxygen atoms in total. The van der Waals surface area contributed by atoms with Crippen LogP contribution in [0.25, 0.3) is 5.69 Å². The summed E-state index contributed by atoms with van der Waals surface area (Å²) in [7, 11) is 0. The molecule has 0 aliphatic carbocycles. The van der Waals surface area contributed by atoms with Gasteiger partial charge in [-0.2, -0.15) is 0 Å². The fraction of sp³-hybridized carbons (Fsp3) is 0.0588. The van der Waals surface area contributed by atoms with Crippen LogP contribution in [0.2, 0.25) is 5.02 Å². The van der Waals surface area contributed by atoms with E-state index in [1.807, 2.05) is 0 Å². The van der Waals surface area contributed by atoms with Crippen LogP contribution < -0.4 is 5.32 Å². The lowest BCUT2D eigenvalue weighted by atomic mass is 10.1. The van der Waals surface area contributed by atoms with Crippen LogP contribution in [0.1, 0.15) is 27.9 Å². The molecule has 7 heteroatoms. The van der Waals surface area contributed by atoms with Crippen molar-refractivity contribution in [2.24, 2.45) is 0 Å². The zero-order valence-electron chi connectivity index (χ0n) is 12.7. The highest BCUT2D eigenvalue weighted by Crippen LogP contribution is 2.13. The van der Waals surface area contributed by atoms with Gasteiger partial charge in [0.2, 0.25) is 5.82 Å². The van der Waals surface area contributed by atoms with E-state index in [4.69, 9.17) is 11.6 Å². The van der Waals surface area contributed by atoms with Crippen molar-refractivity contribution in [3.63, 3.8) is 0 Å². The number of aromatic nitrogens is 3. The molecule has 2 aromatic carbocycles. The molecule has 0 aliphatic heterocycles. The molecule has 0 spiro atoms. The maximum atomic E-state index is 12.2. The van der Waals surface area contributed by atoms with Gasteiger partial charge in [0.05, 0.1) is 5.69 Å². The summed E-state index contributed by atoms with van der Waals surface area (Å²) in [6.45, 7) is 1.49. The number of nitrogens with zero attached hydrogens (tertiary/aromatic N) is 3. The van der Waals surface area contributed by atoms with Gasteiger partial charge in [-0.1, -0.05) is 11.6 Å². The highest BCUT2D eigenvalue weighted by molar-refractivity contribution is 6.30. The fourth-order valence-electron chi connectivity index (χ4n) is 2.06. The average molecular weight is 341 g/mol. The first-order valence-electron chi connectivity index (χ1n) is 7.13. The Morgan fingerprint density at radius 1 is 1.04 bits per heavy atom. The Balaban J connectivity index is 1.73. The molecule has 120 valence electrons. The van der Waals surface area contributed by atoms with E-state index in [9.17, 15) is 9.59 Å². The van der Waals surface area contributed by atoms with Crippen LogP contribution in [0.5, 0.6) is 0 Å². The van der Waals surface area contributed by atoms with Crippen molar-refractivity contribution in [1.82, 2.24) is 14.8 Å². The number of amides is 1. The minimum Gasteiger partial charge on any atom is -0.319 e. The van der Waals surface area contributed by atoms with Gasteiger partial charge in [-0.3, -0.25) is 9.59 Å². The number of benzene rings is 2. The Morgan fingerprint density at radius 2 is 1.71 bits per heavy atom. The molecule has 0 saturated heterocycles. The number of rotatable bonds is 4. The predicted octanol–water partition coefficient (Wildman–Crippen LogP) is 3.38. The molecule has 0 fully saturated rings. The lowest BCUT2D eigenvalue weighted by Gasteiger charge is -2.03. The van der Waals surface area contributed by atoms with E-state index in [0.717, 1.165) is 5.69 Å². The van der Waals surface area contributed by atoms with Crippen LogP contribution in [0.4, 0.5) is 5.69 Å². The van der Waals surface area contributed by atoms with Gasteiger partial charge in [0, 0.05) is 16.3 Å². The topological polar surface area (TPSA) is 76.9 Å². The molecule has 1 aromatic heterocycles. The van der Waals surface area contributed by atoms with Crippen molar-refractivity contribution in [2.45, 2.75) is 6.92 Å². The number of hydrogen-bond acceptors (Lipinski definition) is 4. The zero-order valence-corrected chi connectivity index (χ0v) is 13.5. The van der Waals surface area contributed by atoms with Gasteiger partial charge in [0.25, 0.3) is 5.91 Å².